The third-order valence-electron chi connectivity index (χ3n) is 1.95. The monoisotopic (exact) mass is 208 g/mol. The molecule has 1 aromatic rings. The predicted octanol–water partition coefficient (Wildman–Crippen LogP) is 0.433. The Hall–Kier alpha value is -1.62. The van der Waals surface area contributed by atoms with Crippen LogP contribution in [0.25, 0.3) is 0 Å². The van der Waals surface area contributed by atoms with Crippen molar-refractivity contribution in [3.63, 3.8) is 0 Å². The number of hydrogen-bond acceptors (Lipinski definition) is 4. The van der Waals surface area contributed by atoms with Crippen LogP contribution in [0.15, 0.2) is 18.5 Å². The van der Waals surface area contributed by atoms with E-state index in [1.807, 2.05) is 25.1 Å². The van der Waals surface area contributed by atoms with Crippen LogP contribution in [0, 0.1) is 0 Å². The maximum atomic E-state index is 11.4. The number of pyridine rings is 1. The molecule has 5 heteroatoms. The van der Waals surface area contributed by atoms with Crippen molar-refractivity contribution < 1.29 is 4.79 Å². The smallest absolute Gasteiger partial charge is 0.241 e. The maximum absolute atomic E-state index is 11.4. The largest absolute Gasteiger partial charge is 0.376 e. The van der Waals surface area contributed by atoms with Crippen molar-refractivity contribution in [1.82, 2.24) is 4.98 Å². The summed E-state index contributed by atoms with van der Waals surface area (Å²) in [4.78, 5) is 17.3. The average Bonchev–Trinajstić information content (AvgIpc) is 2.18. The fourth-order valence-electron chi connectivity index (χ4n) is 1.12. The number of hydrogen-bond donors (Lipinski definition) is 2. The summed E-state index contributed by atoms with van der Waals surface area (Å²) in [5.41, 5.74) is 7.04. The van der Waals surface area contributed by atoms with E-state index in [0.29, 0.717) is 5.69 Å². The molecule has 0 saturated heterocycles. The molecular formula is C10H16N4O. The third kappa shape index (κ3) is 2.92. The van der Waals surface area contributed by atoms with Crippen LogP contribution in [0.3, 0.4) is 0 Å². The van der Waals surface area contributed by atoms with Crippen molar-refractivity contribution in [2.45, 2.75) is 13.0 Å². The second-order valence-electron chi connectivity index (χ2n) is 3.57. The minimum atomic E-state index is -0.528. The zero-order chi connectivity index (χ0) is 11.4. The first kappa shape index (κ1) is 11.5. The number of nitrogens with one attached hydrogen (secondary N) is 1. The summed E-state index contributed by atoms with van der Waals surface area (Å²) in [7, 11) is 3.80. The molecular weight excluding hydrogens is 192 g/mol. The van der Waals surface area contributed by atoms with E-state index in [-0.39, 0.29) is 5.91 Å². The van der Waals surface area contributed by atoms with Gasteiger partial charge in [0, 0.05) is 20.3 Å². The number of nitrogens with two attached hydrogens (primary N) is 1. The topological polar surface area (TPSA) is 71.2 Å². The van der Waals surface area contributed by atoms with Crippen molar-refractivity contribution in [2.75, 3.05) is 24.3 Å². The number of amides is 1. The lowest BCUT2D eigenvalue weighted by Gasteiger charge is -2.17. The molecule has 0 aliphatic rings. The minimum absolute atomic E-state index is 0.217. The van der Waals surface area contributed by atoms with Gasteiger partial charge in [0.2, 0.25) is 5.91 Å². The Kier molecular flexibility index (Phi) is 3.62. The van der Waals surface area contributed by atoms with Crippen LogP contribution in [0.5, 0.6) is 0 Å². The first-order valence-electron chi connectivity index (χ1n) is 4.70. The van der Waals surface area contributed by atoms with Crippen LogP contribution in [0.2, 0.25) is 0 Å². The molecule has 0 saturated carbocycles. The molecule has 3 N–H and O–H groups in total. The lowest BCUT2D eigenvalue weighted by Crippen LogP contribution is -2.33. The van der Waals surface area contributed by atoms with E-state index in [1.54, 1.807) is 19.3 Å². The Balaban J connectivity index is 2.89. The summed E-state index contributed by atoms with van der Waals surface area (Å²) in [6.07, 6.45) is 3.28. The molecule has 1 amide bonds. The Bertz CT molecular complexity index is 349. The Morgan fingerprint density at radius 1 is 1.60 bits per heavy atom. The normalized spacial score (nSPS) is 12.0. The highest BCUT2D eigenvalue weighted by Gasteiger charge is 2.11. The van der Waals surface area contributed by atoms with Gasteiger partial charge in [0.25, 0.3) is 0 Å². The zero-order valence-corrected chi connectivity index (χ0v) is 9.19. The number of anilines is 2. The molecule has 1 atom stereocenters. The summed E-state index contributed by atoms with van der Waals surface area (Å²) < 4.78 is 0. The number of carbonyl (C=O) groups is 1. The lowest BCUT2D eigenvalue weighted by molar-refractivity contribution is -0.117. The Morgan fingerprint density at radius 3 is 2.80 bits per heavy atom. The van der Waals surface area contributed by atoms with E-state index in [4.69, 9.17) is 5.73 Å². The van der Waals surface area contributed by atoms with Gasteiger partial charge < -0.3 is 16.0 Å². The molecule has 0 radical (unpaired) electrons. The van der Waals surface area contributed by atoms with Gasteiger partial charge in [0.05, 0.1) is 23.6 Å². The van der Waals surface area contributed by atoms with E-state index in [9.17, 15) is 4.79 Å². The van der Waals surface area contributed by atoms with E-state index in [1.165, 1.54) is 0 Å². The van der Waals surface area contributed by atoms with Crippen LogP contribution < -0.4 is 16.0 Å². The van der Waals surface area contributed by atoms with E-state index in [0.717, 1.165) is 5.69 Å². The second kappa shape index (κ2) is 4.75. The summed E-state index contributed by atoms with van der Waals surface area (Å²) in [6, 6.07) is 1.30. The molecule has 0 aromatic carbocycles. The van der Waals surface area contributed by atoms with Gasteiger partial charge in [-0.25, -0.2) is 0 Å². The van der Waals surface area contributed by atoms with Gasteiger partial charge in [-0.15, -0.1) is 0 Å². The van der Waals surface area contributed by atoms with E-state index >= 15 is 0 Å². The first-order chi connectivity index (χ1) is 7.02. The van der Waals surface area contributed by atoms with Gasteiger partial charge in [-0.05, 0) is 13.0 Å². The molecule has 0 fully saturated rings. The van der Waals surface area contributed by atoms with Crippen LogP contribution in [-0.2, 0) is 4.79 Å². The highest BCUT2D eigenvalue weighted by Crippen LogP contribution is 2.21. The van der Waals surface area contributed by atoms with Gasteiger partial charge in [0.15, 0.2) is 0 Å². The Morgan fingerprint density at radius 2 is 2.27 bits per heavy atom. The average molecular weight is 208 g/mol. The molecule has 0 spiro atoms. The molecule has 1 heterocycles. The van der Waals surface area contributed by atoms with Gasteiger partial charge in [-0.3, -0.25) is 9.78 Å². The molecule has 1 aromatic heterocycles. The quantitative estimate of drug-likeness (QED) is 0.755. The summed E-state index contributed by atoms with van der Waals surface area (Å²) >= 11 is 0. The number of rotatable bonds is 3. The Labute approximate surface area is 89.3 Å². The number of carbonyl (C=O) groups excluding carboxylic acids is 1. The van der Waals surface area contributed by atoms with E-state index < -0.39 is 6.04 Å². The van der Waals surface area contributed by atoms with E-state index in [2.05, 4.69) is 10.3 Å². The van der Waals surface area contributed by atoms with Crippen LogP contribution in [-0.4, -0.2) is 31.0 Å². The van der Waals surface area contributed by atoms with Gasteiger partial charge in [-0.2, -0.15) is 0 Å². The van der Waals surface area contributed by atoms with Crippen molar-refractivity contribution in [3.8, 4) is 0 Å². The van der Waals surface area contributed by atoms with Gasteiger partial charge in [-0.1, -0.05) is 0 Å². The molecule has 0 unspecified atom stereocenters. The predicted molar refractivity (Wildman–Crippen MR) is 60.8 cm³/mol. The maximum Gasteiger partial charge on any atom is 0.241 e. The van der Waals surface area contributed by atoms with Crippen molar-refractivity contribution in [3.05, 3.63) is 18.5 Å². The first-order valence-corrected chi connectivity index (χ1v) is 4.70. The lowest BCUT2D eigenvalue weighted by atomic mass is 10.3. The molecule has 5 nitrogen and oxygen atoms in total. The highest BCUT2D eigenvalue weighted by atomic mass is 16.2. The fraction of sp³-hybridized carbons (Fsp3) is 0.400. The van der Waals surface area contributed by atoms with Gasteiger partial charge in [0.1, 0.15) is 0 Å². The van der Waals surface area contributed by atoms with Crippen molar-refractivity contribution in [2.24, 2.45) is 5.73 Å². The van der Waals surface area contributed by atoms with Crippen molar-refractivity contribution in [1.29, 1.82) is 0 Å². The summed E-state index contributed by atoms with van der Waals surface area (Å²) in [6.45, 7) is 1.64. The zero-order valence-electron chi connectivity index (χ0n) is 9.19. The standard InChI is InChI=1S/C10H16N4O/c1-7(11)10(15)13-8-6-12-5-4-9(8)14(2)3/h4-7H,11H2,1-3H3,(H,13,15)/t7-/m0/s1. The molecule has 1 rings (SSSR count). The molecule has 0 bridgehead atoms. The van der Waals surface area contributed by atoms with Crippen LogP contribution >= 0.6 is 0 Å². The van der Waals surface area contributed by atoms with Crippen LogP contribution in [0.4, 0.5) is 11.4 Å². The fourth-order valence-corrected chi connectivity index (χ4v) is 1.12. The molecule has 0 aliphatic heterocycles. The second-order valence-corrected chi connectivity index (χ2v) is 3.57. The molecule has 15 heavy (non-hydrogen) atoms. The highest BCUT2D eigenvalue weighted by molar-refractivity contribution is 5.97. The van der Waals surface area contributed by atoms with Crippen LogP contribution in [0.1, 0.15) is 6.92 Å². The number of aromatic nitrogens is 1. The SMILES string of the molecule is C[C@H](N)C(=O)Nc1cnccc1N(C)C. The van der Waals surface area contributed by atoms with Crippen molar-refractivity contribution >= 4 is 17.3 Å². The number of nitrogens with zero attached hydrogens (tertiary/aromatic N) is 2. The minimum Gasteiger partial charge on any atom is -0.376 e. The molecule has 0 aliphatic carbocycles. The summed E-state index contributed by atoms with van der Waals surface area (Å²) in [5.74, 6) is -0.217. The van der Waals surface area contributed by atoms with Gasteiger partial charge >= 0.3 is 0 Å². The third-order valence-corrected chi connectivity index (χ3v) is 1.95. The summed E-state index contributed by atoms with van der Waals surface area (Å²) in [5, 5.41) is 2.72. The molecule has 82 valence electrons.